The standard InChI is InChI=1S/C34H44F2N6O7/c1-19(41(5)33(47)49-34(2,3)4)30(44)39-27(20-12-15-48-16-13-20)32(46)42-18-21-9-10-22(38-26(43)11-14-37)17-23(21)29(42)31(45)40-28-24(35)7-6-8-25(28)36/h6-10,17,19-20,27,29H,11-16,18,37H2,1-5H3,(H,38,43)(H,39,44)(H,40,45)/t19-,27-,29-/m0/s1. The highest BCUT2D eigenvalue weighted by Crippen LogP contribution is 2.38. The second-order valence-electron chi connectivity index (χ2n) is 13.2. The third kappa shape index (κ3) is 9.09. The highest BCUT2D eigenvalue weighted by Gasteiger charge is 2.44. The van der Waals surface area contributed by atoms with E-state index < -0.39 is 70.8 Å². The lowest BCUT2D eigenvalue weighted by molar-refractivity contribution is -0.144. The summed E-state index contributed by atoms with van der Waals surface area (Å²) in [6, 6.07) is 4.33. The summed E-state index contributed by atoms with van der Waals surface area (Å²) in [5.41, 5.74) is 5.21. The molecule has 49 heavy (non-hydrogen) atoms. The lowest BCUT2D eigenvalue weighted by atomic mass is 9.90. The molecule has 266 valence electrons. The van der Waals surface area contributed by atoms with E-state index in [1.807, 2.05) is 0 Å². The van der Waals surface area contributed by atoms with Crippen molar-refractivity contribution in [3.05, 3.63) is 59.2 Å². The molecule has 2 aromatic rings. The highest BCUT2D eigenvalue weighted by molar-refractivity contribution is 6.01. The Bertz CT molecular complexity index is 1560. The second kappa shape index (κ2) is 15.7. The average molecular weight is 687 g/mol. The number of benzene rings is 2. The molecule has 0 radical (unpaired) electrons. The first-order valence-electron chi connectivity index (χ1n) is 16.1. The number of likely N-dealkylation sites (N-methyl/N-ethyl adjacent to an activating group) is 1. The van der Waals surface area contributed by atoms with Crippen LogP contribution in [0, 0.1) is 17.6 Å². The Morgan fingerprint density at radius 3 is 2.33 bits per heavy atom. The SMILES string of the molecule is C[C@@H](C(=O)N[C@H](C(=O)N1Cc2ccc(NC(=O)CCN)cc2[C@H]1C(=O)Nc1c(F)cccc1F)C1CCOCC1)N(C)C(=O)OC(C)(C)C. The number of fused-ring (bicyclic) bond motifs is 1. The zero-order valence-corrected chi connectivity index (χ0v) is 28.3. The van der Waals surface area contributed by atoms with E-state index in [0.717, 1.165) is 23.1 Å². The number of carbonyl (C=O) groups excluding carboxylic acids is 5. The van der Waals surface area contributed by atoms with Gasteiger partial charge in [-0.05, 0) is 81.8 Å². The van der Waals surface area contributed by atoms with Crippen LogP contribution >= 0.6 is 0 Å². The van der Waals surface area contributed by atoms with E-state index in [-0.39, 0.29) is 25.4 Å². The van der Waals surface area contributed by atoms with Crippen molar-refractivity contribution in [2.75, 3.05) is 37.4 Å². The Kier molecular flexibility index (Phi) is 11.9. The topological polar surface area (TPSA) is 172 Å². The number of amides is 5. The molecule has 2 aliphatic rings. The number of rotatable bonds is 10. The Morgan fingerprint density at radius 2 is 1.71 bits per heavy atom. The normalized spacial score (nSPS) is 17.4. The van der Waals surface area contributed by atoms with Gasteiger partial charge in [-0.25, -0.2) is 13.6 Å². The van der Waals surface area contributed by atoms with Crippen LogP contribution < -0.4 is 21.7 Å². The van der Waals surface area contributed by atoms with Crippen LogP contribution in [0.15, 0.2) is 36.4 Å². The predicted octanol–water partition coefficient (Wildman–Crippen LogP) is 3.44. The van der Waals surface area contributed by atoms with Gasteiger partial charge >= 0.3 is 6.09 Å². The summed E-state index contributed by atoms with van der Waals surface area (Å²) in [4.78, 5) is 69.5. The smallest absolute Gasteiger partial charge is 0.410 e. The van der Waals surface area contributed by atoms with Crippen LogP contribution in [0.3, 0.4) is 0 Å². The Balaban J connectivity index is 1.68. The lowest BCUT2D eigenvalue weighted by Crippen LogP contribution is -2.57. The molecule has 13 nitrogen and oxygen atoms in total. The van der Waals surface area contributed by atoms with Gasteiger partial charge in [0.1, 0.15) is 41.0 Å². The summed E-state index contributed by atoms with van der Waals surface area (Å²) in [5.74, 6) is -4.94. The van der Waals surface area contributed by atoms with Crippen molar-refractivity contribution in [3.63, 3.8) is 0 Å². The molecule has 0 aromatic heterocycles. The molecule has 4 rings (SSSR count). The Hall–Kier alpha value is -4.63. The van der Waals surface area contributed by atoms with Crippen LogP contribution in [0.25, 0.3) is 0 Å². The zero-order chi connectivity index (χ0) is 36.0. The minimum atomic E-state index is -1.39. The van der Waals surface area contributed by atoms with E-state index in [2.05, 4.69) is 16.0 Å². The first-order chi connectivity index (χ1) is 23.1. The van der Waals surface area contributed by atoms with E-state index in [1.165, 1.54) is 24.9 Å². The molecule has 1 fully saturated rings. The molecule has 0 saturated carbocycles. The highest BCUT2D eigenvalue weighted by atomic mass is 19.1. The van der Waals surface area contributed by atoms with Crippen molar-refractivity contribution in [1.82, 2.24) is 15.1 Å². The molecule has 2 aromatic carbocycles. The monoisotopic (exact) mass is 686 g/mol. The number of nitrogens with zero attached hydrogens (tertiary/aromatic N) is 2. The number of hydrogen-bond donors (Lipinski definition) is 4. The molecule has 0 aliphatic carbocycles. The minimum absolute atomic E-state index is 0.0478. The molecule has 5 amide bonds. The van der Waals surface area contributed by atoms with Crippen LogP contribution in [0.5, 0.6) is 0 Å². The molecule has 2 heterocycles. The fourth-order valence-electron chi connectivity index (χ4n) is 5.72. The molecular weight excluding hydrogens is 642 g/mol. The van der Waals surface area contributed by atoms with Crippen molar-refractivity contribution >= 4 is 41.1 Å². The minimum Gasteiger partial charge on any atom is -0.444 e. The van der Waals surface area contributed by atoms with E-state index in [9.17, 15) is 32.8 Å². The van der Waals surface area contributed by atoms with Gasteiger partial charge < -0.3 is 36.1 Å². The van der Waals surface area contributed by atoms with Crippen molar-refractivity contribution in [1.29, 1.82) is 0 Å². The van der Waals surface area contributed by atoms with E-state index >= 15 is 0 Å². The summed E-state index contributed by atoms with van der Waals surface area (Å²) in [6.07, 6.45) is 0.155. The number of carbonyl (C=O) groups is 5. The number of para-hydroxylation sites is 1. The van der Waals surface area contributed by atoms with Crippen molar-refractivity contribution in [2.45, 2.75) is 77.2 Å². The molecule has 1 saturated heterocycles. The number of anilines is 2. The quantitative estimate of drug-likeness (QED) is 0.294. The lowest BCUT2D eigenvalue weighted by Gasteiger charge is -2.36. The van der Waals surface area contributed by atoms with Gasteiger partial charge in [0.25, 0.3) is 5.91 Å². The fraction of sp³-hybridized carbons (Fsp3) is 0.500. The van der Waals surface area contributed by atoms with Gasteiger partial charge in [0.2, 0.25) is 17.7 Å². The summed E-state index contributed by atoms with van der Waals surface area (Å²) in [7, 11) is 1.41. The molecule has 0 unspecified atom stereocenters. The maximum Gasteiger partial charge on any atom is 0.410 e. The summed E-state index contributed by atoms with van der Waals surface area (Å²) in [5, 5.41) is 7.81. The number of hydrogen-bond acceptors (Lipinski definition) is 8. The van der Waals surface area contributed by atoms with Crippen LogP contribution in [-0.2, 0) is 35.2 Å². The molecule has 5 N–H and O–H groups in total. The Morgan fingerprint density at radius 1 is 1.06 bits per heavy atom. The third-order valence-corrected chi connectivity index (χ3v) is 8.43. The molecular formula is C34H44F2N6O7. The van der Waals surface area contributed by atoms with Gasteiger partial charge in [0.15, 0.2) is 0 Å². The number of nitrogens with two attached hydrogens (primary N) is 1. The van der Waals surface area contributed by atoms with Gasteiger partial charge in [-0.2, -0.15) is 0 Å². The molecule has 2 aliphatic heterocycles. The average Bonchev–Trinajstić information content (AvgIpc) is 3.43. The van der Waals surface area contributed by atoms with E-state index in [1.54, 1.807) is 32.9 Å². The van der Waals surface area contributed by atoms with E-state index in [0.29, 0.717) is 42.9 Å². The number of halogens is 2. The van der Waals surface area contributed by atoms with Crippen molar-refractivity contribution in [3.8, 4) is 0 Å². The van der Waals surface area contributed by atoms with Crippen LogP contribution in [-0.4, -0.2) is 84.0 Å². The van der Waals surface area contributed by atoms with Gasteiger partial charge in [0.05, 0.1) is 0 Å². The maximum absolute atomic E-state index is 14.6. The van der Waals surface area contributed by atoms with E-state index in [4.69, 9.17) is 15.2 Å². The molecule has 0 bridgehead atoms. The molecule has 3 atom stereocenters. The first-order valence-corrected chi connectivity index (χ1v) is 16.1. The van der Waals surface area contributed by atoms with Gasteiger partial charge in [-0.3, -0.25) is 24.1 Å². The number of ether oxygens (including phenoxy) is 2. The van der Waals surface area contributed by atoms with Crippen molar-refractivity contribution in [2.24, 2.45) is 11.7 Å². The van der Waals surface area contributed by atoms with Gasteiger partial charge in [-0.1, -0.05) is 12.1 Å². The van der Waals surface area contributed by atoms with Crippen LogP contribution in [0.1, 0.15) is 64.1 Å². The third-order valence-electron chi connectivity index (χ3n) is 8.43. The van der Waals surface area contributed by atoms with Crippen LogP contribution in [0.4, 0.5) is 25.0 Å². The first kappa shape index (κ1) is 37.2. The van der Waals surface area contributed by atoms with Crippen LogP contribution in [0.2, 0.25) is 0 Å². The summed E-state index contributed by atoms with van der Waals surface area (Å²) >= 11 is 0. The fourth-order valence-corrected chi connectivity index (χ4v) is 5.72. The summed E-state index contributed by atoms with van der Waals surface area (Å²) < 4.78 is 40.2. The van der Waals surface area contributed by atoms with Crippen molar-refractivity contribution < 1.29 is 42.2 Å². The largest absolute Gasteiger partial charge is 0.444 e. The molecule has 0 spiro atoms. The van der Waals surface area contributed by atoms with Gasteiger partial charge in [-0.15, -0.1) is 0 Å². The van der Waals surface area contributed by atoms with Gasteiger partial charge in [0, 0.05) is 45.5 Å². The number of nitrogens with one attached hydrogen (secondary N) is 3. The predicted molar refractivity (Wildman–Crippen MR) is 176 cm³/mol. The maximum atomic E-state index is 14.6. The second-order valence-corrected chi connectivity index (χ2v) is 13.2. The summed E-state index contributed by atoms with van der Waals surface area (Å²) in [6.45, 7) is 7.29. The molecule has 15 heteroatoms. The zero-order valence-electron chi connectivity index (χ0n) is 28.3. The Labute approximate surface area is 283 Å².